The van der Waals surface area contributed by atoms with E-state index in [0.29, 0.717) is 25.3 Å². The van der Waals surface area contributed by atoms with E-state index in [1.54, 1.807) is 4.90 Å². The summed E-state index contributed by atoms with van der Waals surface area (Å²) >= 11 is 0. The fourth-order valence-electron chi connectivity index (χ4n) is 4.92. The standard InChI is InChI=1S/C23H28N2O4/c1-5-29-22(28)15-7-6-10-24(12-15)13-16-11-23(3,4)25-19-17(16)9-8-14(2)18(19)20(26)21(25)27/h8-9,11,15H,5-7,10,12-13H2,1-4H3. The molecule has 1 unspecified atom stereocenters. The fraction of sp³-hybridized carbons (Fsp3) is 0.522. The molecule has 154 valence electrons. The number of piperidine rings is 1. The average Bonchev–Trinajstić information content (AvgIpc) is 2.94. The Morgan fingerprint density at radius 1 is 1.28 bits per heavy atom. The third-order valence-electron chi connectivity index (χ3n) is 6.20. The van der Waals surface area contributed by atoms with Gasteiger partial charge in [-0.25, -0.2) is 0 Å². The molecule has 6 heteroatoms. The van der Waals surface area contributed by atoms with Gasteiger partial charge in [-0.2, -0.15) is 0 Å². The number of ketones is 1. The molecule has 1 fully saturated rings. The van der Waals surface area contributed by atoms with Gasteiger partial charge in [0.25, 0.3) is 11.7 Å². The number of anilines is 1. The predicted octanol–water partition coefficient (Wildman–Crippen LogP) is 2.98. The minimum Gasteiger partial charge on any atom is -0.466 e. The van der Waals surface area contributed by atoms with Gasteiger partial charge in [0.1, 0.15) is 0 Å². The number of likely N-dealkylation sites (tertiary alicyclic amines) is 1. The highest BCUT2D eigenvalue weighted by Crippen LogP contribution is 2.46. The van der Waals surface area contributed by atoms with Gasteiger partial charge in [0, 0.05) is 18.7 Å². The van der Waals surface area contributed by atoms with E-state index in [0.717, 1.165) is 41.8 Å². The minimum atomic E-state index is -0.579. The molecule has 1 amide bonds. The van der Waals surface area contributed by atoms with E-state index >= 15 is 0 Å². The minimum absolute atomic E-state index is 0.0933. The van der Waals surface area contributed by atoms with Crippen molar-refractivity contribution in [2.75, 3.05) is 31.1 Å². The van der Waals surface area contributed by atoms with E-state index in [2.05, 4.69) is 11.0 Å². The van der Waals surface area contributed by atoms with Gasteiger partial charge in [0.15, 0.2) is 0 Å². The number of ether oxygens (including phenoxy) is 1. The van der Waals surface area contributed by atoms with E-state index in [4.69, 9.17) is 4.74 Å². The molecule has 3 aliphatic rings. The summed E-state index contributed by atoms with van der Waals surface area (Å²) in [6.45, 7) is 10.3. The van der Waals surface area contributed by atoms with Crippen molar-refractivity contribution in [3.63, 3.8) is 0 Å². The molecule has 3 aliphatic heterocycles. The van der Waals surface area contributed by atoms with Crippen LogP contribution in [0.1, 0.15) is 55.1 Å². The quantitative estimate of drug-likeness (QED) is 0.578. The average molecular weight is 396 g/mol. The van der Waals surface area contributed by atoms with Crippen LogP contribution >= 0.6 is 0 Å². The van der Waals surface area contributed by atoms with Crippen LogP contribution in [0.15, 0.2) is 18.2 Å². The Morgan fingerprint density at radius 3 is 2.76 bits per heavy atom. The van der Waals surface area contributed by atoms with Crippen LogP contribution in [0.25, 0.3) is 5.57 Å². The summed E-state index contributed by atoms with van der Waals surface area (Å²) < 4.78 is 5.22. The number of carbonyl (C=O) groups excluding carboxylic acids is 3. The van der Waals surface area contributed by atoms with Crippen LogP contribution < -0.4 is 4.90 Å². The molecule has 1 saturated heterocycles. The molecule has 1 aromatic rings. The summed E-state index contributed by atoms with van der Waals surface area (Å²) in [5.41, 5.74) is 3.60. The predicted molar refractivity (Wildman–Crippen MR) is 111 cm³/mol. The summed E-state index contributed by atoms with van der Waals surface area (Å²) in [4.78, 5) is 41.5. The van der Waals surface area contributed by atoms with Crippen LogP contribution in [0.5, 0.6) is 0 Å². The highest BCUT2D eigenvalue weighted by atomic mass is 16.5. The van der Waals surface area contributed by atoms with Gasteiger partial charge in [-0.05, 0) is 58.2 Å². The molecule has 4 rings (SSSR count). The zero-order chi connectivity index (χ0) is 20.9. The second kappa shape index (κ2) is 7.10. The maximum absolute atomic E-state index is 12.7. The number of aryl methyl sites for hydroxylation is 1. The van der Waals surface area contributed by atoms with Gasteiger partial charge in [-0.1, -0.05) is 18.2 Å². The van der Waals surface area contributed by atoms with Gasteiger partial charge in [0.2, 0.25) is 0 Å². The van der Waals surface area contributed by atoms with Crippen LogP contribution in [0.2, 0.25) is 0 Å². The maximum atomic E-state index is 12.7. The highest BCUT2D eigenvalue weighted by molar-refractivity contribution is 6.53. The van der Waals surface area contributed by atoms with Crippen LogP contribution in [0, 0.1) is 12.8 Å². The molecule has 1 aromatic carbocycles. The van der Waals surface area contributed by atoms with Gasteiger partial charge in [-0.15, -0.1) is 0 Å². The summed E-state index contributed by atoms with van der Waals surface area (Å²) in [5, 5.41) is 0. The summed E-state index contributed by atoms with van der Waals surface area (Å²) in [7, 11) is 0. The maximum Gasteiger partial charge on any atom is 0.310 e. The normalized spacial score (nSPS) is 23.1. The fourth-order valence-corrected chi connectivity index (χ4v) is 4.92. The molecule has 3 heterocycles. The largest absolute Gasteiger partial charge is 0.466 e. The highest BCUT2D eigenvalue weighted by Gasteiger charge is 2.47. The van der Waals surface area contributed by atoms with Crippen molar-refractivity contribution in [1.82, 2.24) is 4.90 Å². The van der Waals surface area contributed by atoms with Gasteiger partial charge in [0.05, 0.1) is 29.3 Å². The number of benzene rings is 1. The van der Waals surface area contributed by atoms with Crippen molar-refractivity contribution in [2.24, 2.45) is 5.92 Å². The van der Waals surface area contributed by atoms with E-state index in [1.807, 2.05) is 39.8 Å². The Morgan fingerprint density at radius 2 is 2.03 bits per heavy atom. The van der Waals surface area contributed by atoms with E-state index in [9.17, 15) is 14.4 Å². The molecule has 6 nitrogen and oxygen atoms in total. The molecule has 29 heavy (non-hydrogen) atoms. The molecule has 0 N–H and O–H groups in total. The Balaban J connectivity index is 1.66. The van der Waals surface area contributed by atoms with Crippen molar-refractivity contribution in [2.45, 2.75) is 46.1 Å². The van der Waals surface area contributed by atoms with Crippen LogP contribution in [-0.2, 0) is 14.3 Å². The second-order valence-corrected chi connectivity index (χ2v) is 8.77. The number of carbonyl (C=O) groups is 3. The lowest BCUT2D eigenvalue weighted by atomic mass is 9.86. The van der Waals surface area contributed by atoms with Crippen molar-refractivity contribution < 1.29 is 19.1 Å². The van der Waals surface area contributed by atoms with E-state index < -0.39 is 17.2 Å². The molecule has 0 spiro atoms. The number of hydrogen-bond donors (Lipinski definition) is 0. The van der Waals surface area contributed by atoms with Gasteiger partial charge in [-0.3, -0.25) is 24.2 Å². The zero-order valence-corrected chi connectivity index (χ0v) is 17.6. The lowest BCUT2D eigenvalue weighted by Gasteiger charge is -2.40. The van der Waals surface area contributed by atoms with Gasteiger partial charge < -0.3 is 4.74 Å². The first-order valence-electron chi connectivity index (χ1n) is 10.4. The Hall–Kier alpha value is -2.47. The number of nitrogens with zero attached hydrogens (tertiary/aromatic N) is 2. The van der Waals surface area contributed by atoms with E-state index in [1.165, 1.54) is 0 Å². The number of amides is 1. The van der Waals surface area contributed by atoms with Crippen molar-refractivity contribution in [3.8, 4) is 0 Å². The summed E-state index contributed by atoms with van der Waals surface area (Å²) in [6.07, 6.45) is 3.91. The second-order valence-electron chi connectivity index (χ2n) is 8.77. The molecule has 1 atom stereocenters. The number of esters is 1. The third-order valence-corrected chi connectivity index (χ3v) is 6.20. The molecule has 0 bridgehead atoms. The van der Waals surface area contributed by atoms with Crippen LogP contribution in [0.4, 0.5) is 5.69 Å². The Bertz CT molecular complexity index is 931. The summed E-state index contributed by atoms with van der Waals surface area (Å²) in [6, 6.07) is 3.94. The number of hydrogen-bond acceptors (Lipinski definition) is 5. The number of rotatable bonds is 4. The first-order chi connectivity index (χ1) is 13.7. The smallest absolute Gasteiger partial charge is 0.310 e. The molecular formula is C23H28N2O4. The third kappa shape index (κ3) is 3.19. The first-order valence-corrected chi connectivity index (χ1v) is 10.4. The first kappa shape index (κ1) is 19.8. The van der Waals surface area contributed by atoms with Crippen molar-refractivity contribution >= 4 is 28.9 Å². The van der Waals surface area contributed by atoms with Crippen LogP contribution in [0.3, 0.4) is 0 Å². The van der Waals surface area contributed by atoms with E-state index in [-0.39, 0.29) is 11.9 Å². The summed E-state index contributed by atoms with van der Waals surface area (Å²) in [5.74, 6) is -1.07. The SMILES string of the molecule is CCOC(=O)C1CCCN(CC2=CC(C)(C)N3C(=O)C(=O)c4c(C)ccc2c43)C1. The lowest BCUT2D eigenvalue weighted by molar-refractivity contribution is -0.149. The topological polar surface area (TPSA) is 66.9 Å². The zero-order valence-electron chi connectivity index (χ0n) is 17.6. The number of Topliss-reactive ketones (excluding diaryl/α,β-unsaturated/α-hetero) is 1. The van der Waals surface area contributed by atoms with Crippen molar-refractivity contribution in [1.29, 1.82) is 0 Å². The Kier molecular flexibility index (Phi) is 4.85. The lowest BCUT2D eigenvalue weighted by Crippen LogP contribution is -2.48. The molecule has 0 aliphatic carbocycles. The molecule has 0 radical (unpaired) electrons. The van der Waals surface area contributed by atoms with Crippen LogP contribution in [-0.4, -0.2) is 54.3 Å². The van der Waals surface area contributed by atoms with Gasteiger partial charge >= 0.3 is 5.97 Å². The molecule has 0 saturated carbocycles. The molecule has 0 aromatic heterocycles. The van der Waals surface area contributed by atoms with Crippen molar-refractivity contribution in [3.05, 3.63) is 34.9 Å². The Labute approximate surface area is 171 Å². The monoisotopic (exact) mass is 396 g/mol. The molecular weight excluding hydrogens is 368 g/mol.